The van der Waals surface area contributed by atoms with Crippen LogP contribution in [0.25, 0.3) is 0 Å². The van der Waals surface area contributed by atoms with Gasteiger partial charge in [-0.05, 0) is 6.42 Å². The average Bonchev–Trinajstić information content (AvgIpc) is 2.30. The molecule has 0 amide bonds. The normalized spacial score (nSPS) is 14.7. The molecule has 0 unspecified atom stereocenters. The van der Waals surface area contributed by atoms with E-state index in [-0.39, 0.29) is 5.97 Å². The molecule has 0 aromatic carbocycles. The molecule has 0 atom stereocenters. The van der Waals surface area contributed by atoms with Gasteiger partial charge < -0.3 is 4.74 Å². The average molecular weight is 212 g/mol. The summed E-state index contributed by atoms with van der Waals surface area (Å²) >= 11 is 0. The number of hydrogen-bond acceptors (Lipinski definition) is 2. The molecule has 1 aliphatic rings. The Balaban J connectivity index is 0.000000280. The third kappa shape index (κ3) is 11.1. The first-order valence-corrected chi connectivity index (χ1v) is 6.07. The third-order valence-electron chi connectivity index (χ3n) is 2.32. The second-order valence-electron chi connectivity index (χ2n) is 3.84. The Kier molecular flexibility index (Phi) is 10.7. The highest BCUT2D eigenvalue weighted by Gasteiger charge is 1.96. The summed E-state index contributed by atoms with van der Waals surface area (Å²) in [6, 6.07) is 0. The Morgan fingerprint density at radius 1 is 1.20 bits per heavy atom. The van der Waals surface area contributed by atoms with Crippen molar-refractivity contribution in [1.82, 2.24) is 0 Å². The number of ether oxygens (including phenoxy) is 1. The van der Waals surface area contributed by atoms with Gasteiger partial charge in [-0.25, -0.2) is 0 Å². The first kappa shape index (κ1) is 14.2. The Bertz CT molecular complexity index is 148. The molecule has 0 aliphatic heterocycles. The van der Waals surface area contributed by atoms with Crippen molar-refractivity contribution in [2.24, 2.45) is 0 Å². The van der Waals surface area contributed by atoms with Crippen LogP contribution in [-0.4, -0.2) is 12.6 Å². The van der Waals surface area contributed by atoms with Crippen molar-refractivity contribution in [2.75, 3.05) is 6.61 Å². The Morgan fingerprint density at radius 2 is 1.67 bits per heavy atom. The van der Waals surface area contributed by atoms with Gasteiger partial charge in [0.2, 0.25) is 0 Å². The molecular formula is C13H24O2. The lowest BCUT2D eigenvalue weighted by Crippen LogP contribution is -2.02. The molecule has 0 N–H and O–H groups in total. The first-order chi connectivity index (χ1) is 7.31. The van der Waals surface area contributed by atoms with Gasteiger partial charge in [0.05, 0.1) is 0 Å². The minimum Gasteiger partial charge on any atom is -0.461 e. The summed E-state index contributed by atoms with van der Waals surface area (Å²) < 4.78 is 4.67. The molecule has 2 heteroatoms. The van der Waals surface area contributed by atoms with Crippen molar-refractivity contribution in [3.63, 3.8) is 0 Å². The van der Waals surface area contributed by atoms with E-state index in [4.69, 9.17) is 0 Å². The Labute approximate surface area is 93.7 Å². The molecule has 15 heavy (non-hydrogen) atoms. The van der Waals surface area contributed by atoms with Crippen LogP contribution in [0.4, 0.5) is 0 Å². The molecule has 1 aliphatic carbocycles. The quantitative estimate of drug-likeness (QED) is 0.522. The minimum absolute atomic E-state index is 0.141. The van der Waals surface area contributed by atoms with Crippen LogP contribution in [-0.2, 0) is 9.53 Å². The van der Waals surface area contributed by atoms with Crippen LogP contribution in [0.15, 0.2) is 12.7 Å². The van der Waals surface area contributed by atoms with Crippen LogP contribution in [0.5, 0.6) is 0 Å². The second-order valence-corrected chi connectivity index (χ2v) is 3.84. The lowest BCUT2D eigenvalue weighted by Gasteiger charge is -2.05. The molecule has 1 fully saturated rings. The summed E-state index contributed by atoms with van der Waals surface area (Å²) in [4.78, 5) is 10.5. The monoisotopic (exact) mass is 212 g/mol. The largest absolute Gasteiger partial charge is 0.461 e. The summed E-state index contributed by atoms with van der Waals surface area (Å²) in [7, 11) is 0. The standard InChI is InChI=1S/C7H12O2.C6H12/c1-3-5-7(8)9-6-4-2;1-2-4-6-5-3-1/h4H,2-3,5-6H2,1H3;1-6H2. The van der Waals surface area contributed by atoms with E-state index in [0.717, 1.165) is 6.42 Å². The van der Waals surface area contributed by atoms with E-state index < -0.39 is 0 Å². The van der Waals surface area contributed by atoms with E-state index in [1.807, 2.05) is 6.92 Å². The van der Waals surface area contributed by atoms with E-state index in [9.17, 15) is 4.79 Å². The number of rotatable bonds is 4. The fourth-order valence-electron chi connectivity index (χ4n) is 1.49. The highest BCUT2D eigenvalue weighted by Crippen LogP contribution is 2.15. The van der Waals surface area contributed by atoms with Crippen molar-refractivity contribution in [3.8, 4) is 0 Å². The minimum atomic E-state index is -0.141. The smallest absolute Gasteiger partial charge is 0.306 e. The lowest BCUT2D eigenvalue weighted by atomic mass is 10.0. The maximum Gasteiger partial charge on any atom is 0.306 e. The number of esters is 1. The molecule has 0 saturated heterocycles. The third-order valence-corrected chi connectivity index (χ3v) is 2.32. The van der Waals surface area contributed by atoms with Crippen LogP contribution in [0.2, 0.25) is 0 Å². The molecule has 1 saturated carbocycles. The maximum atomic E-state index is 10.5. The highest BCUT2D eigenvalue weighted by atomic mass is 16.5. The van der Waals surface area contributed by atoms with Crippen LogP contribution in [0.3, 0.4) is 0 Å². The van der Waals surface area contributed by atoms with Crippen molar-refractivity contribution in [3.05, 3.63) is 12.7 Å². The Hall–Kier alpha value is -0.790. The SMILES string of the molecule is C1CCCCC1.C=CCOC(=O)CCC. The summed E-state index contributed by atoms with van der Waals surface area (Å²) in [6.45, 7) is 5.69. The molecule has 88 valence electrons. The summed E-state index contributed by atoms with van der Waals surface area (Å²) in [5.74, 6) is -0.141. The van der Waals surface area contributed by atoms with E-state index in [2.05, 4.69) is 11.3 Å². The van der Waals surface area contributed by atoms with Gasteiger partial charge in [0, 0.05) is 6.42 Å². The van der Waals surface area contributed by atoms with Crippen molar-refractivity contribution >= 4 is 5.97 Å². The van der Waals surface area contributed by atoms with E-state index >= 15 is 0 Å². The predicted molar refractivity (Wildman–Crippen MR) is 63.8 cm³/mol. The second kappa shape index (κ2) is 11.3. The number of carbonyl (C=O) groups excluding carboxylic acids is 1. The summed E-state index contributed by atoms with van der Waals surface area (Å²) in [6.07, 6.45) is 11.9. The number of hydrogen-bond donors (Lipinski definition) is 0. The fraction of sp³-hybridized carbons (Fsp3) is 0.769. The molecule has 0 heterocycles. The van der Waals surface area contributed by atoms with Crippen molar-refractivity contribution in [2.45, 2.75) is 58.3 Å². The van der Waals surface area contributed by atoms with Gasteiger partial charge in [-0.2, -0.15) is 0 Å². The zero-order chi connectivity index (χ0) is 11.4. The van der Waals surface area contributed by atoms with E-state index in [1.165, 1.54) is 38.5 Å². The van der Waals surface area contributed by atoms with Gasteiger partial charge in [0.15, 0.2) is 0 Å². The van der Waals surface area contributed by atoms with Gasteiger partial charge in [-0.1, -0.05) is 58.1 Å². The summed E-state index contributed by atoms with van der Waals surface area (Å²) in [5.41, 5.74) is 0. The van der Waals surface area contributed by atoms with Gasteiger partial charge in [0.25, 0.3) is 0 Å². The zero-order valence-electron chi connectivity index (χ0n) is 9.96. The lowest BCUT2D eigenvalue weighted by molar-refractivity contribution is -0.142. The molecule has 0 aromatic heterocycles. The molecule has 0 radical (unpaired) electrons. The van der Waals surface area contributed by atoms with E-state index in [1.54, 1.807) is 6.08 Å². The van der Waals surface area contributed by atoms with Gasteiger partial charge in [0.1, 0.15) is 6.61 Å². The number of carbonyl (C=O) groups is 1. The highest BCUT2D eigenvalue weighted by molar-refractivity contribution is 5.69. The predicted octanol–water partition coefficient (Wildman–Crippen LogP) is 3.86. The van der Waals surface area contributed by atoms with Crippen molar-refractivity contribution in [1.29, 1.82) is 0 Å². The molecule has 0 aromatic rings. The topological polar surface area (TPSA) is 26.3 Å². The fourth-order valence-corrected chi connectivity index (χ4v) is 1.49. The van der Waals surface area contributed by atoms with Crippen LogP contribution < -0.4 is 0 Å². The van der Waals surface area contributed by atoms with Gasteiger partial charge >= 0.3 is 5.97 Å². The zero-order valence-corrected chi connectivity index (χ0v) is 9.96. The first-order valence-electron chi connectivity index (χ1n) is 6.07. The summed E-state index contributed by atoms with van der Waals surface area (Å²) in [5, 5.41) is 0. The Morgan fingerprint density at radius 3 is 2.00 bits per heavy atom. The molecular weight excluding hydrogens is 188 g/mol. The molecule has 0 spiro atoms. The van der Waals surface area contributed by atoms with Gasteiger partial charge in [-0.3, -0.25) is 4.79 Å². The van der Waals surface area contributed by atoms with E-state index in [0.29, 0.717) is 13.0 Å². The maximum absolute atomic E-state index is 10.5. The van der Waals surface area contributed by atoms with Gasteiger partial charge in [-0.15, -0.1) is 0 Å². The molecule has 2 nitrogen and oxygen atoms in total. The molecule has 0 bridgehead atoms. The van der Waals surface area contributed by atoms with Crippen molar-refractivity contribution < 1.29 is 9.53 Å². The van der Waals surface area contributed by atoms with Crippen LogP contribution in [0, 0.1) is 0 Å². The molecule has 1 rings (SSSR count). The van der Waals surface area contributed by atoms with Crippen LogP contribution >= 0.6 is 0 Å². The van der Waals surface area contributed by atoms with Crippen LogP contribution in [0.1, 0.15) is 58.3 Å².